The minimum Gasteiger partial charge on any atom is -0.378 e. The average Bonchev–Trinajstić information content (AvgIpc) is 2.82. The van der Waals surface area contributed by atoms with Crippen LogP contribution in [0.4, 0.5) is 0 Å². The van der Waals surface area contributed by atoms with E-state index in [4.69, 9.17) is 10.5 Å². The van der Waals surface area contributed by atoms with Crippen LogP contribution < -0.4 is 11.1 Å². The van der Waals surface area contributed by atoms with Crippen LogP contribution in [0.15, 0.2) is 0 Å². The van der Waals surface area contributed by atoms with Gasteiger partial charge in [-0.25, -0.2) is 0 Å². The van der Waals surface area contributed by atoms with Crippen LogP contribution in [0.25, 0.3) is 0 Å². The zero-order chi connectivity index (χ0) is 12.0. The summed E-state index contributed by atoms with van der Waals surface area (Å²) in [7, 11) is 0. The summed E-state index contributed by atoms with van der Waals surface area (Å²) in [5.41, 5.74) is 6.53. The van der Waals surface area contributed by atoms with Gasteiger partial charge in [0.2, 0.25) is 0 Å². The van der Waals surface area contributed by atoms with Gasteiger partial charge < -0.3 is 15.8 Å². The third kappa shape index (κ3) is 4.57. The predicted octanol–water partition coefficient (Wildman–Crippen LogP) is 2.20. The van der Waals surface area contributed by atoms with Gasteiger partial charge in [-0.15, -0.1) is 0 Å². The second-order valence-electron chi connectivity index (χ2n) is 5.85. The maximum atomic E-state index is 6.40. The Morgan fingerprint density at radius 3 is 2.65 bits per heavy atom. The Balaban J connectivity index is 1.50. The van der Waals surface area contributed by atoms with E-state index < -0.39 is 0 Å². The van der Waals surface area contributed by atoms with Gasteiger partial charge in [0.15, 0.2) is 0 Å². The van der Waals surface area contributed by atoms with Crippen molar-refractivity contribution in [2.75, 3.05) is 19.7 Å². The molecule has 3 nitrogen and oxygen atoms in total. The molecule has 1 unspecified atom stereocenters. The summed E-state index contributed by atoms with van der Waals surface area (Å²) in [6.45, 7) is 3.13. The zero-order valence-corrected chi connectivity index (χ0v) is 11.0. The Kier molecular flexibility index (Phi) is 5.26. The number of rotatable bonds is 6. The lowest BCUT2D eigenvalue weighted by molar-refractivity contribution is 0.104. The molecule has 0 aromatic rings. The molecular weight excluding hydrogens is 212 g/mol. The number of hydrogen-bond donors (Lipinski definition) is 2. The molecule has 1 aliphatic heterocycles. The van der Waals surface area contributed by atoms with Crippen LogP contribution in [-0.4, -0.2) is 31.3 Å². The first kappa shape index (κ1) is 13.3. The van der Waals surface area contributed by atoms with Crippen LogP contribution in [-0.2, 0) is 4.74 Å². The van der Waals surface area contributed by atoms with Crippen LogP contribution in [0.5, 0.6) is 0 Å². The van der Waals surface area contributed by atoms with Crippen molar-refractivity contribution in [3.63, 3.8) is 0 Å². The summed E-state index contributed by atoms with van der Waals surface area (Å²) >= 11 is 0. The molecule has 1 heterocycles. The predicted molar refractivity (Wildman–Crippen MR) is 71.1 cm³/mol. The molecule has 3 N–H and O–H groups in total. The lowest BCUT2D eigenvalue weighted by Gasteiger charge is -2.33. The van der Waals surface area contributed by atoms with Gasteiger partial charge in [0.25, 0.3) is 0 Å². The van der Waals surface area contributed by atoms with E-state index >= 15 is 0 Å². The fourth-order valence-corrected chi connectivity index (χ4v) is 3.10. The number of nitrogens with one attached hydrogen (secondary N) is 1. The molecule has 0 aromatic heterocycles. The van der Waals surface area contributed by atoms with Crippen LogP contribution in [0.3, 0.4) is 0 Å². The van der Waals surface area contributed by atoms with Crippen molar-refractivity contribution in [1.29, 1.82) is 0 Å². The zero-order valence-electron chi connectivity index (χ0n) is 11.0. The van der Waals surface area contributed by atoms with E-state index in [1.165, 1.54) is 44.9 Å². The van der Waals surface area contributed by atoms with E-state index in [9.17, 15) is 0 Å². The number of ether oxygens (including phenoxy) is 1. The van der Waals surface area contributed by atoms with Gasteiger partial charge in [0.1, 0.15) is 0 Å². The van der Waals surface area contributed by atoms with Gasteiger partial charge in [-0.3, -0.25) is 0 Å². The fourth-order valence-electron chi connectivity index (χ4n) is 3.10. The van der Waals surface area contributed by atoms with E-state index in [2.05, 4.69) is 5.32 Å². The van der Waals surface area contributed by atoms with E-state index in [1.54, 1.807) is 0 Å². The normalized spacial score (nSPS) is 28.4. The topological polar surface area (TPSA) is 47.3 Å². The molecule has 1 atom stereocenters. The van der Waals surface area contributed by atoms with Crippen LogP contribution >= 0.6 is 0 Å². The van der Waals surface area contributed by atoms with Crippen molar-refractivity contribution in [2.45, 2.75) is 69.4 Å². The summed E-state index contributed by atoms with van der Waals surface area (Å²) in [6.07, 6.45) is 11.8. The molecule has 1 saturated carbocycles. The Labute approximate surface area is 105 Å². The molecule has 100 valence electrons. The summed E-state index contributed by atoms with van der Waals surface area (Å²) in [4.78, 5) is 0. The van der Waals surface area contributed by atoms with Gasteiger partial charge >= 0.3 is 0 Å². The molecule has 1 aliphatic carbocycles. The van der Waals surface area contributed by atoms with E-state index in [0.29, 0.717) is 6.10 Å². The molecule has 0 aromatic carbocycles. The largest absolute Gasteiger partial charge is 0.378 e. The Morgan fingerprint density at radius 2 is 1.94 bits per heavy atom. The molecule has 2 aliphatic rings. The number of hydrogen-bond acceptors (Lipinski definition) is 3. The Bertz CT molecular complexity index is 208. The van der Waals surface area contributed by atoms with Crippen molar-refractivity contribution in [1.82, 2.24) is 5.32 Å². The quantitative estimate of drug-likeness (QED) is 0.700. The molecule has 2 fully saturated rings. The smallest absolute Gasteiger partial charge is 0.0588 e. The molecule has 0 radical (unpaired) electrons. The van der Waals surface area contributed by atoms with E-state index in [-0.39, 0.29) is 5.54 Å². The molecular formula is C14H28N2O. The first-order valence-electron chi connectivity index (χ1n) is 7.40. The number of nitrogens with two attached hydrogens (primary N) is 1. The monoisotopic (exact) mass is 240 g/mol. The standard InChI is InChI=1S/C14H28N2O/c15-14(7-2-1-3-8-14)9-11-16-10-6-13-5-4-12-17-13/h13,16H,1-12,15H2. The van der Waals surface area contributed by atoms with Crippen LogP contribution in [0, 0.1) is 0 Å². The summed E-state index contributed by atoms with van der Waals surface area (Å²) < 4.78 is 5.60. The average molecular weight is 240 g/mol. The van der Waals surface area contributed by atoms with Crippen molar-refractivity contribution in [2.24, 2.45) is 5.73 Å². The summed E-state index contributed by atoms with van der Waals surface area (Å²) in [6, 6.07) is 0. The highest BCUT2D eigenvalue weighted by molar-refractivity contribution is 4.87. The third-order valence-corrected chi connectivity index (χ3v) is 4.32. The lowest BCUT2D eigenvalue weighted by Crippen LogP contribution is -2.44. The Hall–Kier alpha value is -0.120. The van der Waals surface area contributed by atoms with Gasteiger partial charge in [0, 0.05) is 12.1 Å². The minimum atomic E-state index is 0.134. The molecule has 2 rings (SSSR count). The van der Waals surface area contributed by atoms with Gasteiger partial charge in [-0.1, -0.05) is 19.3 Å². The van der Waals surface area contributed by atoms with Crippen molar-refractivity contribution >= 4 is 0 Å². The van der Waals surface area contributed by atoms with E-state index in [1.807, 2.05) is 0 Å². The van der Waals surface area contributed by atoms with Gasteiger partial charge in [-0.05, 0) is 51.6 Å². The van der Waals surface area contributed by atoms with Crippen molar-refractivity contribution in [3.8, 4) is 0 Å². The summed E-state index contributed by atoms with van der Waals surface area (Å²) in [5, 5.41) is 3.52. The van der Waals surface area contributed by atoms with Gasteiger partial charge in [-0.2, -0.15) is 0 Å². The highest BCUT2D eigenvalue weighted by atomic mass is 16.5. The molecule has 0 spiro atoms. The van der Waals surface area contributed by atoms with Crippen LogP contribution in [0.2, 0.25) is 0 Å². The van der Waals surface area contributed by atoms with Gasteiger partial charge in [0.05, 0.1) is 6.10 Å². The minimum absolute atomic E-state index is 0.134. The molecule has 17 heavy (non-hydrogen) atoms. The second kappa shape index (κ2) is 6.72. The second-order valence-corrected chi connectivity index (χ2v) is 5.85. The van der Waals surface area contributed by atoms with E-state index in [0.717, 1.165) is 32.5 Å². The fraction of sp³-hybridized carbons (Fsp3) is 1.00. The summed E-state index contributed by atoms with van der Waals surface area (Å²) in [5.74, 6) is 0. The lowest BCUT2D eigenvalue weighted by atomic mass is 9.80. The SMILES string of the molecule is NC1(CCNCCC2CCCO2)CCCCC1. The van der Waals surface area contributed by atoms with Crippen molar-refractivity contribution in [3.05, 3.63) is 0 Å². The molecule has 1 saturated heterocycles. The van der Waals surface area contributed by atoms with Crippen molar-refractivity contribution < 1.29 is 4.74 Å². The highest BCUT2D eigenvalue weighted by Crippen LogP contribution is 2.28. The first-order valence-corrected chi connectivity index (χ1v) is 7.40. The maximum Gasteiger partial charge on any atom is 0.0588 e. The molecule has 0 amide bonds. The Morgan fingerprint density at radius 1 is 1.12 bits per heavy atom. The molecule has 0 bridgehead atoms. The van der Waals surface area contributed by atoms with Crippen LogP contribution in [0.1, 0.15) is 57.8 Å². The third-order valence-electron chi connectivity index (χ3n) is 4.32. The highest BCUT2D eigenvalue weighted by Gasteiger charge is 2.26. The molecule has 3 heteroatoms. The first-order chi connectivity index (χ1) is 8.29. The maximum absolute atomic E-state index is 6.40.